The predicted molar refractivity (Wildman–Crippen MR) is 67.7 cm³/mol. The summed E-state index contributed by atoms with van der Waals surface area (Å²) in [6.07, 6.45) is 0. The lowest BCUT2D eigenvalue weighted by Gasteiger charge is -2.14. The second-order valence-corrected chi connectivity index (χ2v) is 4.15. The first-order valence-electron chi connectivity index (χ1n) is 4.82. The molecule has 0 saturated heterocycles. The molecule has 1 unspecified atom stereocenters. The zero-order chi connectivity index (χ0) is 12.8. The Morgan fingerprint density at radius 3 is 2.71 bits per heavy atom. The fourth-order valence-electron chi connectivity index (χ4n) is 1.29. The quantitative estimate of drug-likeness (QED) is 0.820. The average Bonchev–Trinajstić information content (AvgIpc) is 2.26. The number of amides is 2. The normalized spacial score (nSPS) is 10.9. The van der Waals surface area contributed by atoms with Crippen molar-refractivity contribution in [3.05, 3.63) is 34.3 Å². The maximum Gasteiger partial charge on any atom is 0.296 e. The number of nitrogens with two attached hydrogens (primary N) is 1. The molecule has 0 aromatic heterocycles. The Kier molecular flexibility index (Phi) is 4.73. The maximum absolute atomic E-state index is 11.3. The lowest BCUT2D eigenvalue weighted by atomic mass is 10.1. The van der Waals surface area contributed by atoms with E-state index in [1.54, 1.807) is 18.2 Å². The monoisotopic (exact) mass is 294 g/mol. The number of primary amides is 1. The summed E-state index contributed by atoms with van der Waals surface area (Å²) in [5.74, 6) is 3.59. The number of benzene rings is 1. The second-order valence-electron chi connectivity index (χ2n) is 3.24. The van der Waals surface area contributed by atoms with Crippen molar-refractivity contribution in [3.8, 4) is 11.8 Å². The minimum atomic E-state index is -0.874. The van der Waals surface area contributed by atoms with Crippen molar-refractivity contribution >= 4 is 27.7 Å². The summed E-state index contributed by atoms with van der Waals surface area (Å²) in [6.45, 7) is 1.54. The van der Waals surface area contributed by atoms with Crippen LogP contribution in [0.4, 0.5) is 0 Å². The molecular formula is C12H11BrN2O2. The van der Waals surface area contributed by atoms with E-state index in [4.69, 9.17) is 5.73 Å². The van der Waals surface area contributed by atoms with Crippen LogP contribution >= 0.6 is 15.9 Å². The number of carbonyl (C=O) groups excluding carboxylic acids is 2. The Morgan fingerprint density at radius 1 is 1.47 bits per heavy atom. The van der Waals surface area contributed by atoms with Gasteiger partial charge in [-0.1, -0.05) is 34.0 Å². The summed E-state index contributed by atoms with van der Waals surface area (Å²) in [5.41, 5.74) is 5.86. The molecule has 0 bridgehead atoms. The molecule has 1 atom stereocenters. The first-order valence-corrected chi connectivity index (χ1v) is 5.62. The summed E-state index contributed by atoms with van der Waals surface area (Å²) in [5, 5.41) is 2.45. The van der Waals surface area contributed by atoms with Gasteiger partial charge in [-0.2, -0.15) is 0 Å². The van der Waals surface area contributed by atoms with E-state index in [9.17, 15) is 9.59 Å². The van der Waals surface area contributed by atoms with Crippen LogP contribution in [0.5, 0.6) is 0 Å². The van der Waals surface area contributed by atoms with Gasteiger partial charge in [0.25, 0.3) is 5.91 Å². The first-order chi connectivity index (χ1) is 8.04. The molecule has 5 heteroatoms. The zero-order valence-electron chi connectivity index (χ0n) is 9.16. The molecule has 3 N–H and O–H groups in total. The summed E-state index contributed by atoms with van der Waals surface area (Å²) >= 11 is 3.28. The molecule has 0 fully saturated rings. The van der Waals surface area contributed by atoms with Gasteiger partial charge in [0, 0.05) is 4.47 Å². The van der Waals surface area contributed by atoms with Crippen molar-refractivity contribution in [1.82, 2.24) is 5.32 Å². The molecule has 17 heavy (non-hydrogen) atoms. The predicted octanol–water partition coefficient (Wildman–Crippen LogP) is 1.11. The van der Waals surface area contributed by atoms with E-state index in [2.05, 4.69) is 33.1 Å². The molecule has 88 valence electrons. The summed E-state index contributed by atoms with van der Waals surface area (Å²) < 4.78 is 0.803. The van der Waals surface area contributed by atoms with Gasteiger partial charge >= 0.3 is 0 Å². The number of hydrogen-bond donors (Lipinski definition) is 2. The van der Waals surface area contributed by atoms with E-state index >= 15 is 0 Å². The third kappa shape index (κ3) is 3.93. The van der Waals surface area contributed by atoms with E-state index in [0.29, 0.717) is 5.56 Å². The van der Waals surface area contributed by atoms with Gasteiger partial charge in [-0.05, 0) is 30.5 Å². The van der Waals surface area contributed by atoms with Gasteiger partial charge in [0.05, 0.1) is 0 Å². The van der Waals surface area contributed by atoms with Gasteiger partial charge in [0.15, 0.2) is 0 Å². The Bertz CT molecular complexity index is 503. The van der Waals surface area contributed by atoms with Gasteiger partial charge in [-0.15, -0.1) is 0 Å². The van der Waals surface area contributed by atoms with Crippen molar-refractivity contribution in [2.75, 3.05) is 0 Å². The molecule has 2 amide bonds. The SMILES string of the molecule is CC#CC(=O)NC(C(N)=O)c1cccc(Br)c1. The van der Waals surface area contributed by atoms with Crippen molar-refractivity contribution in [2.24, 2.45) is 5.73 Å². The molecule has 1 aromatic carbocycles. The lowest BCUT2D eigenvalue weighted by molar-refractivity contribution is -0.124. The van der Waals surface area contributed by atoms with Crippen LogP contribution in [-0.4, -0.2) is 11.8 Å². The fourth-order valence-corrected chi connectivity index (χ4v) is 1.70. The van der Waals surface area contributed by atoms with Gasteiger partial charge < -0.3 is 11.1 Å². The van der Waals surface area contributed by atoms with Crippen LogP contribution in [0, 0.1) is 11.8 Å². The average molecular weight is 295 g/mol. The van der Waals surface area contributed by atoms with Crippen LogP contribution in [0.15, 0.2) is 28.7 Å². The smallest absolute Gasteiger partial charge is 0.296 e. The highest BCUT2D eigenvalue weighted by Crippen LogP contribution is 2.17. The van der Waals surface area contributed by atoms with Crippen LogP contribution < -0.4 is 11.1 Å². The summed E-state index contributed by atoms with van der Waals surface area (Å²) in [7, 11) is 0. The van der Waals surface area contributed by atoms with E-state index in [0.717, 1.165) is 4.47 Å². The largest absolute Gasteiger partial charge is 0.368 e. The number of halogens is 1. The summed E-state index contributed by atoms with van der Waals surface area (Å²) in [6, 6.07) is 6.12. The highest BCUT2D eigenvalue weighted by Gasteiger charge is 2.19. The topological polar surface area (TPSA) is 72.2 Å². The Hall–Kier alpha value is -1.80. The highest BCUT2D eigenvalue weighted by molar-refractivity contribution is 9.10. The standard InChI is InChI=1S/C12H11BrN2O2/c1-2-4-10(16)15-11(12(14)17)8-5-3-6-9(13)7-8/h3,5-7,11H,1H3,(H2,14,17)(H,15,16). The Balaban J connectivity index is 2.96. The third-order valence-corrected chi connectivity index (χ3v) is 2.47. The molecule has 0 saturated carbocycles. The Labute approximate surface area is 108 Å². The number of hydrogen-bond acceptors (Lipinski definition) is 2. The zero-order valence-corrected chi connectivity index (χ0v) is 10.7. The van der Waals surface area contributed by atoms with Crippen molar-refractivity contribution in [2.45, 2.75) is 13.0 Å². The molecule has 0 aliphatic rings. The van der Waals surface area contributed by atoms with Crippen molar-refractivity contribution < 1.29 is 9.59 Å². The molecule has 0 aliphatic carbocycles. The van der Waals surface area contributed by atoms with Gasteiger partial charge in [-0.3, -0.25) is 9.59 Å². The Morgan fingerprint density at radius 2 is 2.18 bits per heavy atom. The molecule has 0 aliphatic heterocycles. The van der Waals surface area contributed by atoms with Crippen molar-refractivity contribution in [3.63, 3.8) is 0 Å². The van der Waals surface area contributed by atoms with Crippen LogP contribution in [0.3, 0.4) is 0 Å². The van der Waals surface area contributed by atoms with Crippen LogP contribution in [0.2, 0.25) is 0 Å². The number of carbonyl (C=O) groups is 2. The molecule has 0 spiro atoms. The van der Waals surface area contributed by atoms with Crippen LogP contribution in [0.25, 0.3) is 0 Å². The summed E-state index contributed by atoms with van der Waals surface area (Å²) in [4.78, 5) is 22.6. The highest BCUT2D eigenvalue weighted by atomic mass is 79.9. The maximum atomic E-state index is 11.3. The van der Waals surface area contributed by atoms with Gasteiger partial charge in [0.2, 0.25) is 5.91 Å². The lowest BCUT2D eigenvalue weighted by Crippen LogP contribution is -2.36. The molecular weight excluding hydrogens is 284 g/mol. The molecule has 0 heterocycles. The number of rotatable bonds is 3. The fraction of sp³-hybridized carbons (Fsp3) is 0.167. The van der Waals surface area contributed by atoms with Gasteiger partial charge in [0.1, 0.15) is 6.04 Å². The van der Waals surface area contributed by atoms with Gasteiger partial charge in [-0.25, -0.2) is 0 Å². The second kappa shape index (κ2) is 6.06. The first kappa shape index (κ1) is 13.3. The van der Waals surface area contributed by atoms with E-state index < -0.39 is 17.9 Å². The molecule has 0 radical (unpaired) electrons. The van der Waals surface area contributed by atoms with E-state index in [-0.39, 0.29) is 0 Å². The van der Waals surface area contributed by atoms with E-state index in [1.165, 1.54) is 6.92 Å². The molecule has 4 nitrogen and oxygen atoms in total. The number of nitrogens with one attached hydrogen (secondary N) is 1. The molecule has 1 aromatic rings. The minimum Gasteiger partial charge on any atom is -0.368 e. The van der Waals surface area contributed by atoms with Crippen LogP contribution in [-0.2, 0) is 9.59 Å². The van der Waals surface area contributed by atoms with Crippen LogP contribution in [0.1, 0.15) is 18.5 Å². The third-order valence-electron chi connectivity index (χ3n) is 1.98. The molecule has 1 rings (SSSR count). The van der Waals surface area contributed by atoms with Crippen molar-refractivity contribution in [1.29, 1.82) is 0 Å². The minimum absolute atomic E-state index is 0.531. The van der Waals surface area contributed by atoms with E-state index in [1.807, 2.05) is 6.07 Å².